The predicted octanol–water partition coefficient (Wildman–Crippen LogP) is 4.37. The number of para-hydroxylation sites is 2. The first-order valence-electron chi connectivity index (χ1n) is 8.09. The van der Waals surface area contributed by atoms with E-state index in [1.165, 1.54) is 18.2 Å². The summed E-state index contributed by atoms with van der Waals surface area (Å²) in [6.07, 6.45) is -4.00. The van der Waals surface area contributed by atoms with Crippen LogP contribution in [0.1, 0.15) is 24.0 Å². The molecule has 2 aromatic carbocycles. The number of hydrogen-bond acceptors (Lipinski definition) is 2. The van der Waals surface area contributed by atoms with E-state index < -0.39 is 29.0 Å². The van der Waals surface area contributed by atoms with E-state index in [2.05, 4.69) is 10.6 Å². The number of alkyl halides is 3. The van der Waals surface area contributed by atoms with Gasteiger partial charge in [-0.05, 0) is 43.5 Å². The van der Waals surface area contributed by atoms with Crippen LogP contribution in [0.2, 0.25) is 0 Å². The molecule has 1 fully saturated rings. The van der Waals surface area contributed by atoms with Crippen molar-refractivity contribution in [2.45, 2.75) is 25.9 Å². The Bertz CT molecular complexity index is 858. The lowest BCUT2D eigenvalue weighted by Gasteiger charge is -2.18. The summed E-state index contributed by atoms with van der Waals surface area (Å²) in [6, 6.07) is 11.8. The maximum atomic E-state index is 13.1. The molecule has 0 spiro atoms. The average molecular weight is 362 g/mol. The lowest BCUT2D eigenvalue weighted by molar-refractivity contribution is -0.137. The SMILES string of the molecule is Cc1ccccc1NC(=O)C1(C(=O)Nc2ccccc2C(F)(F)F)CC1. The fraction of sp³-hybridized carbons (Fsp3) is 0.263. The van der Waals surface area contributed by atoms with Crippen molar-refractivity contribution in [3.8, 4) is 0 Å². The largest absolute Gasteiger partial charge is 0.418 e. The molecule has 0 aliphatic heterocycles. The molecular weight excluding hydrogens is 345 g/mol. The Hall–Kier alpha value is -2.83. The molecule has 0 bridgehead atoms. The highest BCUT2D eigenvalue weighted by atomic mass is 19.4. The maximum absolute atomic E-state index is 13.1. The summed E-state index contributed by atoms with van der Waals surface area (Å²) < 4.78 is 39.2. The summed E-state index contributed by atoms with van der Waals surface area (Å²) in [5.41, 5.74) is -1.21. The van der Waals surface area contributed by atoms with Gasteiger partial charge in [-0.25, -0.2) is 0 Å². The second-order valence-electron chi connectivity index (χ2n) is 6.35. The Morgan fingerprint density at radius 3 is 1.92 bits per heavy atom. The van der Waals surface area contributed by atoms with Gasteiger partial charge in [-0.15, -0.1) is 0 Å². The van der Waals surface area contributed by atoms with E-state index in [1.54, 1.807) is 12.1 Å². The summed E-state index contributed by atoms with van der Waals surface area (Å²) in [7, 11) is 0. The van der Waals surface area contributed by atoms with Gasteiger partial charge >= 0.3 is 6.18 Å². The third-order valence-corrected chi connectivity index (χ3v) is 4.49. The Labute approximate surface area is 148 Å². The molecule has 1 aliphatic carbocycles. The Morgan fingerprint density at radius 1 is 0.885 bits per heavy atom. The van der Waals surface area contributed by atoms with E-state index in [0.29, 0.717) is 18.5 Å². The summed E-state index contributed by atoms with van der Waals surface area (Å²) in [4.78, 5) is 25.1. The van der Waals surface area contributed by atoms with Gasteiger partial charge in [0.2, 0.25) is 11.8 Å². The molecule has 3 rings (SSSR count). The number of hydrogen-bond donors (Lipinski definition) is 2. The van der Waals surface area contributed by atoms with Crippen LogP contribution in [0.3, 0.4) is 0 Å². The van der Waals surface area contributed by atoms with Crippen LogP contribution in [0.25, 0.3) is 0 Å². The van der Waals surface area contributed by atoms with E-state index in [-0.39, 0.29) is 5.69 Å². The van der Waals surface area contributed by atoms with E-state index >= 15 is 0 Å². The molecule has 1 aliphatic rings. The van der Waals surface area contributed by atoms with Crippen LogP contribution < -0.4 is 10.6 Å². The number of anilines is 2. The number of carbonyl (C=O) groups excluding carboxylic acids is 2. The molecule has 26 heavy (non-hydrogen) atoms. The van der Waals surface area contributed by atoms with Crippen LogP contribution in [0, 0.1) is 12.3 Å². The minimum absolute atomic E-state index is 0.296. The highest BCUT2D eigenvalue weighted by molar-refractivity contribution is 6.17. The first-order chi connectivity index (χ1) is 12.2. The zero-order chi connectivity index (χ0) is 18.9. The topological polar surface area (TPSA) is 58.2 Å². The molecule has 0 radical (unpaired) electrons. The van der Waals surface area contributed by atoms with Crippen LogP contribution in [0.5, 0.6) is 0 Å². The van der Waals surface area contributed by atoms with Crippen molar-refractivity contribution in [3.63, 3.8) is 0 Å². The molecule has 4 nitrogen and oxygen atoms in total. The van der Waals surface area contributed by atoms with Crippen molar-refractivity contribution < 1.29 is 22.8 Å². The van der Waals surface area contributed by atoms with Gasteiger partial charge in [0.25, 0.3) is 0 Å². The van der Waals surface area contributed by atoms with Gasteiger partial charge in [0, 0.05) is 5.69 Å². The van der Waals surface area contributed by atoms with Crippen LogP contribution in [-0.2, 0) is 15.8 Å². The van der Waals surface area contributed by atoms with Gasteiger partial charge in [0.05, 0.1) is 11.3 Å². The Balaban J connectivity index is 1.78. The van der Waals surface area contributed by atoms with E-state index in [0.717, 1.165) is 11.6 Å². The fourth-order valence-electron chi connectivity index (χ4n) is 2.72. The van der Waals surface area contributed by atoms with Crippen molar-refractivity contribution in [1.82, 2.24) is 0 Å². The van der Waals surface area contributed by atoms with Crippen molar-refractivity contribution in [2.24, 2.45) is 5.41 Å². The number of carbonyl (C=O) groups is 2. The molecule has 2 aromatic rings. The molecule has 136 valence electrons. The van der Waals surface area contributed by atoms with Gasteiger partial charge in [-0.1, -0.05) is 30.3 Å². The molecule has 0 atom stereocenters. The predicted molar refractivity (Wildman–Crippen MR) is 91.5 cm³/mol. The molecule has 0 saturated heterocycles. The third-order valence-electron chi connectivity index (χ3n) is 4.49. The van der Waals surface area contributed by atoms with Crippen molar-refractivity contribution >= 4 is 23.2 Å². The normalized spacial score (nSPS) is 15.2. The zero-order valence-electron chi connectivity index (χ0n) is 14.0. The summed E-state index contributed by atoms with van der Waals surface area (Å²) in [5.74, 6) is -1.23. The first-order valence-corrected chi connectivity index (χ1v) is 8.09. The lowest BCUT2D eigenvalue weighted by atomic mass is 10.0. The molecule has 2 N–H and O–H groups in total. The average Bonchev–Trinajstić information content (AvgIpc) is 3.38. The van der Waals surface area contributed by atoms with Gasteiger partial charge in [0.15, 0.2) is 0 Å². The van der Waals surface area contributed by atoms with E-state index in [9.17, 15) is 22.8 Å². The highest BCUT2D eigenvalue weighted by Gasteiger charge is 2.56. The lowest BCUT2D eigenvalue weighted by Crippen LogP contribution is -2.36. The molecule has 2 amide bonds. The Morgan fingerprint density at radius 2 is 1.38 bits per heavy atom. The van der Waals surface area contributed by atoms with Crippen LogP contribution in [-0.4, -0.2) is 11.8 Å². The van der Waals surface area contributed by atoms with Crippen molar-refractivity contribution in [1.29, 1.82) is 0 Å². The van der Waals surface area contributed by atoms with Crippen LogP contribution in [0.4, 0.5) is 24.5 Å². The van der Waals surface area contributed by atoms with Gasteiger partial charge < -0.3 is 10.6 Å². The minimum Gasteiger partial charge on any atom is -0.325 e. The van der Waals surface area contributed by atoms with Crippen LogP contribution in [0.15, 0.2) is 48.5 Å². The van der Waals surface area contributed by atoms with Crippen molar-refractivity contribution in [2.75, 3.05) is 10.6 Å². The van der Waals surface area contributed by atoms with E-state index in [4.69, 9.17) is 0 Å². The standard InChI is InChI=1S/C19H17F3N2O2/c1-12-6-2-4-8-14(12)23-16(25)18(10-11-18)17(26)24-15-9-5-3-7-13(15)19(20,21)22/h2-9H,10-11H2,1H3,(H,23,25)(H,24,26). The summed E-state index contributed by atoms with van der Waals surface area (Å²) in [6.45, 7) is 1.81. The monoisotopic (exact) mass is 362 g/mol. The number of benzene rings is 2. The molecular formula is C19H17F3N2O2. The smallest absolute Gasteiger partial charge is 0.325 e. The number of nitrogens with one attached hydrogen (secondary N) is 2. The molecule has 0 unspecified atom stereocenters. The second kappa shape index (κ2) is 6.48. The molecule has 0 aromatic heterocycles. The number of aryl methyl sites for hydroxylation is 1. The second-order valence-corrected chi connectivity index (χ2v) is 6.35. The quantitative estimate of drug-likeness (QED) is 0.794. The van der Waals surface area contributed by atoms with E-state index in [1.807, 2.05) is 19.1 Å². The van der Waals surface area contributed by atoms with Gasteiger partial charge in [-0.3, -0.25) is 9.59 Å². The number of rotatable bonds is 4. The maximum Gasteiger partial charge on any atom is 0.418 e. The number of amides is 2. The molecule has 1 saturated carbocycles. The minimum atomic E-state index is -4.59. The highest BCUT2D eigenvalue weighted by Crippen LogP contribution is 2.48. The Kier molecular flexibility index (Phi) is 4.48. The van der Waals surface area contributed by atoms with Crippen molar-refractivity contribution in [3.05, 3.63) is 59.7 Å². The molecule has 7 heteroatoms. The molecule has 0 heterocycles. The summed E-state index contributed by atoms with van der Waals surface area (Å²) >= 11 is 0. The third kappa shape index (κ3) is 3.42. The van der Waals surface area contributed by atoms with Gasteiger partial charge in [0.1, 0.15) is 5.41 Å². The van der Waals surface area contributed by atoms with Gasteiger partial charge in [-0.2, -0.15) is 13.2 Å². The summed E-state index contributed by atoms with van der Waals surface area (Å²) in [5, 5.41) is 4.98. The van der Waals surface area contributed by atoms with Crippen LogP contribution >= 0.6 is 0 Å². The first kappa shape index (κ1) is 18.0. The zero-order valence-corrected chi connectivity index (χ0v) is 14.0. The fourth-order valence-corrected chi connectivity index (χ4v) is 2.72. The number of halogens is 3.